The van der Waals surface area contributed by atoms with E-state index in [9.17, 15) is 9.59 Å². The molecule has 0 bridgehead atoms. The Morgan fingerprint density at radius 1 is 1.11 bits per heavy atom. The summed E-state index contributed by atoms with van der Waals surface area (Å²) < 4.78 is 8.39. The van der Waals surface area contributed by atoms with E-state index in [-0.39, 0.29) is 23.3 Å². The molecule has 2 aromatic carbocycles. The number of aromatic nitrogens is 1. The fourth-order valence-electron chi connectivity index (χ4n) is 3.95. The molecule has 4 rings (SSSR count). The van der Waals surface area contributed by atoms with Gasteiger partial charge in [-0.2, -0.15) is 4.99 Å². The summed E-state index contributed by atoms with van der Waals surface area (Å²) in [5.41, 5.74) is 2.10. The zero-order chi connectivity index (χ0) is 24.6. The number of para-hydroxylation sites is 1. The van der Waals surface area contributed by atoms with Gasteiger partial charge in [0.25, 0.3) is 5.91 Å². The Morgan fingerprint density at radius 2 is 1.89 bits per heavy atom. The van der Waals surface area contributed by atoms with E-state index in [0.717, 1.165) is 29.1 Å². The van der Waals surface area contributed by atoms with Gasteiger partial charge in [-0.25, -0.2) is 0 Å². The number of amides is 2. The first-order chi connectivity index (χ1) is 17.1. The first-order valence-corrected chi connectivity index (χ1v) is 13.5. The molecule has 9 heteroatoms. The molecular formula is C26H28N4O3S2. The van der Waals surface area contributed by atoms with Crippen molar-refractivity contribution in [2.45, 2.75) is 13.5 Å². The van der Waals surface area contributed by atoms with Gasteiger partial charge in [-0.15, -0.1) is 18.2 Å². The van der Waals surface area contributed by atoms with Crippen molar-refractivity contribution in [3.63, 3.8) is 0 Å². The SMILES string of the molecule is C#CCn1c(=NC(=O)CSCC(=O)N2CCN(c3ccccc3)CC2)sc2cc(OCC)ccc21. The Bertz CT molecular complexity index is 1290. The highest BCUT2D eigenvalue weighted by Crippen LogP contribution is 2.23. The highest BCUT2D eigenvalue weighted by Gasteiger charge is 2.21. The highest BCUT2D eigenvalue weighted by atomic mass is 32.2. The van der Waals surface area contributed by atoms with E-state index in [1.54, 1.807) is 0 Å². The first-order valence-electron chi connectivity index (χ1n) is 11.5. The molecule has 1 aliphatic rings. The molecule has 1 saturated heterocycles. The van der Waals surface area contributed by atoms with Crippen LogP contribution in [0.15, 0.2) is 53.5 Å². The molecule has 0 aliphatic carbocycles. The normalized spacial score (nSPS) is 14.2. The maximum Gasteiger partial charge on any atom is 0.258 e. The number of ether oxygens (including phenoxy) is 1. The molecule has 7 nitrogen and oxygen atoms in total. The number of nitrogens with zero attached hydrogens (tertiary/aromatic N) is 4. The van der Waals surface area contributed by atoms with Crippen LogP contribution in [0.5, 0.6) is 5.75 Å². The second-order valence-corrected chi connectivity index (χ2v) is 9.93. The zero-order valence-corrected chi connectivity index (χ0v) is 21.3. The summed E-state index contributed by atoms with van der Waals surface area (Å²) in [5, 5.41) is 0. The summed E-state index contributed by atoms with van der Waals surface area (Å²) in [6.07, 6.45) is 5.55. The van der Waals surface area contributed by atoms with Gasteiger partial charge in [0.15, 0.2) is 4.80 Å². The van der Waals surface area contributed by atoms with Crippen LogP contribution >= 0.6 is 23.1 Å². The third-order valence-corrected chi connectivity index (χ3v) is 7.58. The number of thiazole rings is 1. The topological polar surface area (TPSA) is 67.1 Å². The number of thioether (sulfide) groups is 1. The minimum atomic E-state index is -0.279. The van der Waals surface area contributed by atoms with Crippen LogP contribution in [0.1, 0.15) is 6.92 Å². The van der Waals surface area contributed by atoms with Crippen LogP contribution in [0.4, 0.5) is 5.69 Å². The van der Waals surface area contributed by atoms with Gasteiger partial charge in [-0.1, -0.05) is 35.5 Å². The number of hydrogen-bond acceptors (Lipinski definition) is 6. The van der Waals surface area contributed by atoms with Crippen LogP contribution in [0.2, 0.25) is 0 Å². The summed E-state index contributed by atoms with van der Waals surface area (Å²) in [7, 11) is 0. The number of rotatable bonds is 8. The molecule has 182 valence electrons. The minimum absolute atomic E-state index is 0.0585. The number of carbonyl (C=O) groups is 2. The molecule has 1 aromatic heterocycles. The molecule has 0 unspecified atom stereocenters. The van der Waals surface area contributed by atoms with Crippen molar-refractivity contribution in [2.75, 3.05) is 49.2 Å². The fraction of sp³-hybridized carbons (Fsp3) is 0.346. The summed E-state index contributed by atoms with van der Waals surface area (Å²) in [4.78, 5) is 34.2. The van der Waals surface area contributed by atoms with E-state index in [0.29, 0.717) is 31.0 Å². The van der Waals surface area contributed by atoms with Gasteiger partial charge in [-0.05, 0) is 37.3 Å². The quantitative estimate of drug-likeness (QED) is 0.437. The van der Waals surface area contributed by atoms with Crippen LogP contribution in [-0.4, -0.2) is 65.6 Å². The third-order valence-electron chi connectivity index (χ3n) is 5.64. The lowest BCUT2D eigenvalue weighted by molar-refractivity contribution is -0.128. The number of piperazine rings is 1. The molecule has 3 aromatic rings. The lowest BCUT2D eigenvalue weighted by Gasteiger charge is -2.36. The standard InChI is InChI=1S/C26H28N4O3S2/c1-3-12-30-22-11-10-21(33-4-2)17-23(22)35-26(30)27-24(31)18-34-19-25(32)29-15-13-28(14-16-29)20-8-6-5-7-9-20/h1,5-11,17H,4,12-16,18-19H2,2H3. The molecule has 2 heterocycles. The number of carbonyl (C=O) groups excluding carboxylic acids is 2. The van der Waals surface area contributed by atoms with Crippen molar-refractivity contribution < 1.29 is 14.3 Å². The lowest BCUT2D eigenvalue weighted by atomic mass is 10.2. The third kappa shape index (κ3) is 6.27. The van der Waals surface area contributed by atoms with Gasteiger partial charge in [0, 0.05) is 31.9 Å². The molecule has 1 aliphatic heterocycles. The number of terminal acetylenes is 1. The predicted molar refractivity (Wildman–Crippen MR) is 143 cm³/mol. The van der Waals surface area contributed by atoms with Crippen molar-refractivity contribution in [3.05, 3.63) is 53.3 Å². The van der Waals surface area contributed by atoms with Crippen molar-refractivity contribution in [2.24, 2.45) is 4.99 Å². The van der Waals surface area contributed by atoms with Gasteiger partial charge >= 0.3 is 0 Å². The number of anilines is 1. The van der Waals surface area contributed by atoms with E-state index in [4.69, 9.17) is 11.2 Å². The number of benzene rings is 2. The van der Waals surface area contributed by atoms with Gasteiger partial charge in [-0.3, -0.25) is 9.59 Å². The smallest absolute Gasteiger partial charge is 0.258 e. The number of fused-ring (bicyclic) bond motifs is 1. The molecule has 0 radical (unpaired) electrons. The van der Waals surface area contributed by atoms with Crippen LogP contribution < -0.4 is 14.4 Å². The molecule has 0 N–H and O–H groups in total. The molecule has 0 saturated carbocycles. The van der Waals surface area contributed by atoms with Crippen LogP contribution in [0.3, 0.4) is 0 Å². The second-order valence-electron chi connectivity index (χ2n) is 7.94. The molecule has 1 fully saturated rings. The summed E-state index contributed by atoms with van der Waals surface area (Å²) >= 11 is 2.71. The minimum Gasteiger partial charge on any atom is -0.494 e. The predicted octanol–water partition coefficient (Wildman–Crippen LogP) is 3.24. The van der Waals surface area contributed by atoms with Crippen molar-refractivity contribution in [1.29, 1.82) is 0 Å². The first kappa shape index (κ1) is 24.9. The number of hydrogen-bond donors (Lipinski definition) is 0. The molecule has 35 heavy (non-hydrogen) atoms. The summed E-state index contributed by atoms with van der Waals surface area (Å²) in [5.74, 6) is 3.59. The maximum atomic E-state index is 12.6. The average molecular weight is 509 g/mol. The Morgan fingerprint density at radius 3 is 2.60 bits per heavy atom. The Labute approximate surface area is 213 Å². The fourth-order valence-corrected chi connectivity index (χ4v) is 5.72. The summed E-state index contributed by atoms with van der Waals surface area (Å²) in [6, 6.07) is 16.0. The van der Waals surface area contributed by atoms with Gasteiger partial charge < -0.3 is 19.1 Å². The van der Waals surface area contributed by atoms with Crippen molar-refractivity contribution in [1.82, 2.24) is 9.47 Å². The zero-order valence-electron chi connectivity index (χ0n) is 19.7. The average Bonchev–Trinajstić information content (AvgIpc) is 3.21. The van der Waals surface area contributed by atoms with Crippen molar-refractivity contribution >= 4 is 50.8 Å². The molecule has 0 atom stereocenters. The lowest BCUT2D eigenvalue weighted by Crippen LogP contribution is -2.49. The Balaban J connectivity index is 1.32. The molecule has 2 amide bonds. The largest absolute Gasteiger partial charge is 0.494 e. The molecule has 0 spiro atoms. The maximum absolute atomic E-state index is 12.6. The molecular weight excluding hydrogens is 480 g/mol. The van der Waals surface area contributed by atoms with E-state index in [1.807, 2.05) is 52.8 Å². The Kier molecular flexibility index (Phi) is 8.50. The van der Waals surface area contributed by atoms with Gasteiger partial charge in [0.1, 0.15) is 5.75 Å². The van der Waals surface area contributed by atoms with Gasteiger partial charge in [0.05, 0.1) is 34.9 Å². The van der Waals surface area contributed by atoms with E-state index >= 15 is 0 Å². The van der Waals surface area contributed by atoms with Crippen LogP contribution in [-0.2, 0) is 16.1 Å². The van der Waals surface area contributed by atoms with E-state index in [2.05, 4.69) is 27.9 Å². The summed E-state index contributed by atoms with van der Waals surface area (Å²) in [6.45, 7) is 5.82. The van der Waals surface area contributed by atoms with Crippen LogP contribution in [0.25, 0.3) is 10.2 Å². The van der Waals surface area contributed by atoms with Gasteiger partial charge in [0.2, 0.25) is 5.91 Å². The van der Waals surface area contributed by atoms with E-state index in [1.165, 1.54) is 28.8 Å². The van der Waals surface area contributed by atoms with Crippen LogP contribution in [0, 0.1) is 12.3 Å². The highest BCUT2D eigenvalue weighted by molar-refractivity contribution is 8.00. The van der Waals surface area contributed by atoms with E-state index < -0.39 is 0 Å². The Hall–Kier alpha value is -3.22. The van der Waals surface area contributed by atoms with Crippen molar-refractivity contribution in [3.8, 4) is 18.1 Å². The monoisotopic (exact) mass is 508 g/mol. The second kappa shape index (κ2) is 12.0.